The minimum atomic E-state index is 0.253. The van der Waals surface area contributed by atoms with Crippen molar-refractivity contribution in [1.29, 1.82) is 0 Å². The second-order valence-electron chi connectivity index (χ2n) is 4.15. The second kappa shape index (κ2) is 6.93. The Labute approximate surface area is 123 Å². The van der Waals surface area contributed by atoms with E-state index in [2.05, 4.69) is 15.3 Å². The molecule has 0 aliphatic rings. The minimum absolute atomic E-state index is 0.253. The number of nitrogens with zero attached hydrogens (tertiary/aromatic N) is 2. The van der Waals surface area contributed by atoms with Crippen LogP contribution in [0.2, 0.25) is 0 Å². The monoisotopic (exact) mass is 288 g/mol. The molecule has 104 valence electrons. The Morgan fingerprint density at radius 2 is 2.15 bits per heavy atom. The Bertz CT molecular complexity index is 603. The van der Waals surface area contributed by atoms with Crippen molar-refractivity contribution in [2.75, 3.05) is 19.0 Å². The number of nitrogens with one attached hydrogen (secondary N) is 1. The number of para-hydroxylation sites is 1. The molecule has 0 aliphatic carbocycles. The predicted molar refractivity (Wildman–Crippen MR) is 83.2 cm³/mol. The normalized spacial score (nSPS) is 10.2. The minimum Gasteiger partial charge on any atom is -0.388 e. The quantitative estimate of drug-likeness (QED) is 0.793. The van der Waals surface area contributed by atoms with E-state index in [-0.39, 0.29) is 4.99 Å². The van der Waals surface area contributed by atoms with Gasteiger partial charge in [0.25, 0.3) is 0 Å². The van der Waals surface area contributed by atoms with Crippen LogP contribution in [0.15, 0.2) is 36.5 Å². The Morgan fingerprint density at radius 1 is 1.35 bits per heavy atom. The summed E-state index contributed by atoms with van der Waals surface area (Å²) in [6, 6.07) is 9.64. The highest BCUT2D eigenvalue weighted by atomic mass is 32.1. The molecule has 0 aliphatic heterocycles. The van der Waals surface area contributed by atoms with Crippen LogP contribution in [0.5, 0.6) is 0 Å². The third kappa shape index (κ3) is 3.72. The molecule has 0 amide bonds. The lowest BCUT2D eigenvalue weighted by Crippen LogP contribution is -2.13. The first-order chi connectivity index (χ1) is 9.70. The molecule has 1 aromatic heterocycles. The maximum Gasteiger partial charge on any atom is 0.227 e. The number of ether oxygens (including phenoxy) is 1. The van der Waals surface area contributed by atoms with Crippen LogP contribution in [0, 0.1) is 0 Å². The lowest BCUT2D eigenvalue weighted by atomic mass is 10.1. The van der Waals surface area contributed by atoms with Crippen molar-refractivity contribution >= 4 is 28.8 Å². The van der Waals surface area contributed by atoms with Crippen LogP contribution >= 0.6 is 12.2 Å². The zero-order chi connectivity index (χ0) is 14.4. The van der Waals surface area contributed by atoms with Crippen molar-refractivity contribution in [3.8, 4) is 0 Å². The summed E-state index contributed by atoms with van der Waals surface area (Å²) >= 11 is 4.91. The molecule has 3 N–H and O–H groups in total. The van der Waals surface area contributed by atoms with Crippen LogP contribution in [0.1, 0.15) is 11.3 Å². The highest BCUT2D eigenvalue weighted by Gasteiger charge is 2.05. The molecule has 0 spiro atoms. The van der Waals surface area contributed by atoms with E-state index < -0.39 is 0 Å². The maximum absolute atomic E-state index is 5.57. The number of hydrogen-bond acceptors (Lipinski definition) is 5. The second-order valence-corrected chi connectivity index (χ2v) is 4.59. The van der Waals surface area contributed by atoms with Gasteiger partial charge in [0.15, 0.2) is 0 Å². The highest BCUT2D eigenvalue weighted by Crippen LogP contribution is 2.19. The number of methoxy groups -OCH3 is 1. The summed E-state index contributed by atoms with van der Waals surface area (Å²) < 4.78 is 5.11. The molecule has 0 bridgehead atoms. The van der Waals surface area contributed by atoms with Crippen molar-refractivity contribution in [3.05, 3.63) is 47.8 Å². The first-order valence-corrected chi connectivity index (χ1v) is 6.58. The summed E-state index contributed by atoms with van der Waals surface area (Å²) in [6.07, 6.45) is 2.44. The molecule has 2 aromatic rings. The van der Waals surface area contributed by atoms with Gasteiger partial charge in [0.1, 0.15) is 10.7 Å². The highest BCUT2D eigenvalue weighted by molar-refractivity contribution is 7.80. The van der Waals surface area contributed by atoms with Crippen molar-refractivity contribution in [3.63, 3.8) is 0 Å². The van der Waals surface area contributed by atoms with E-state index in [0.29, 0.717) is 18.2 Å². The van der Waals surface area contributed by atoms with Crippen LogP contribution in [0.25, 0.3) is 0 Å². The molecule has 6 heteroatoms. The molecular weight excluding hydrogens is 272 g/mol. The lowest BCUT2D eigenvalue weighted by Gasteiger charge is -2.11. The Hall–Kier alpha value is -2.05. The third-order valence-corrected chi connectivity index (χ3v) is 2.96. The fourth-order valence-electron chi connectivity index (χ4n) is 1.75. The molecule has 0 radical (unpaired) electrons. The molecule has 1 heterocycles. The fraction of sp³-hybridized carbons (Fsp3) is 0.214. The van der Waals surface area contributed by atoms with Crippen LogP contribution < -0.4 is 11.1 Å². The zero-order valence-electron chi connectivity index (χ0n) is 11.2. The van der Waals surface area contributed by atoms with Gasteiger partial charge in [-0.2, -0.15) is 0 Å². The summed E-state index contributed by atoms with van der Waals surface area (Å²) in [4.78, 5) is 8.69. The molecular formula is C14H16N4OS. The van der Waals surface area contributed by atoms with Gasteiger partial charge in [0.2, 0.25) is 5.95 Å². The van der Waals surface area contributed by atoms with Crippen LogP contribution in [0.4, 0.5) is 11.6 Å². The van der Waals surface area contributed by atoms with Crippen LogP contribution in [-0.2, 0) is 11.2 Å². The van der Waals surface area contributed by atoms with Gasteiger partial charge >= 0.3 is 0 Å². The fourth-order valence-corrected chi connectivity index (χ4v) is 1.86. The van der Waals surface area contributed by atoms with E-state index in [0.717, 1.165) is 17.7 Å². The van der Waals surface area contributed by atoms with Gasteiger partial charge in [-0.15, -0.1) is 0 Å². The van der Waals surface area contributed by atoms with Crippen molar-refractivity contribution in [1.82, 2.24) is 9.97 Å². The van der Waals surface area contributed by atoms with E-state index in [1.165, 1.54) is 0 Å². The number of hydrogen-bond donors (Lipinski definition) is 2. The number of aromatic nitrogens is 2. The van der Waals surface area contributed by atoms with E-state index in [1.54, 1.807) is 19.4 Å². The molecule has 0 atom stereocenters. The smallest absolute Gasteiger partial charge is 0.227 e. The van der Waals surface area contributed by atoms with Gasteiger partial charge in [-0.1, -0.05) is 30.4 Å². The molecule has 0 saturated carbocycles. The summed E-state index contributed by atoms with van der Waals surface area (Å²) in [5.41, 5.74) is 8.20. The largest absolute Gasteiger partial charge is 0.388 e. The number of thiocarbonyl (C=S) groups is 1. The van der Waals surface area contributed by atoms with Crippen molar-refractivity contribution in [2.45, 2.75) is 6.42 Å². The number of nitrogens with two attached hydrogens (primary N) is 1. The summed E-state index contributed by atoms with van der Waals surface area (Å²) in [5, 5.41) is 3.18. The van der Waals surface area contributed by atoms with Gasteiger partial charge in [0.05, 0.1) is 6.61 Å². The molecule has 0 unspecified atom stereocenters. The van der Waals surface area contributed by atoms with Gasteiger partial charge < -0.3 is 15.8 Å². The van der Waals surface area contributed by atoms with Crippen molar-refractivity contribution in [2.24, 2.45) is 5.73 Å². The predicted octanol–water partition coefficient (Wildman–Crippen LogP) is 2.04. The van der Waals surface area contributed by atoms with E-state index in [4.69, 9.17) is 22.7 Å². The Kier molecular flexibility index (Phi) is 4.97. The zero-order valence-corrected chi connectivity index (χ0v) is 12.0. The molecule has 0 fully saturated rings. The first kappa shape index (κ1) is 14.4. The Balaban J connectivity index is 2.21. The van der Waals surface area contributed by atoms with Crippen LogP contribution in [-0.4, -0.2) is 28.7 Å². The van der Waals surface area contributed by atoms with Gasteiger partial charge in [-0.25, -0.2) is 9.97 Å². The standard InChI is InChI=1S/C14H16N4OS/c1-19-9-7-10-4-2-3-5-11(10)17-14-16-8-6-12(18-14)13(15)20/h2-6,8H,7,9H2,1H3,(H2,15,20)(H,16,17,18). The third-order valence-electron chi connectivity index (χ3n) is 2.75. The van der Waals surface area contributed by atoms with Gasteiger partial charge in [0, 0.05) is 19.0 Å². The van der Waals surface area contributed by atoms with E-state index in [9.17, 15) is 0 Å². The molecule has 5 nitrogen and oxygen atoms in total. The van der Waals surface area contributed by atoms with E-state index in [1.807, 2.05) is 24.3 Å². The summed E-state index contributed by atoms with van der Waals surface area (Å²) in [7, 11) is 1.69. The average Bonchev–Trinajstić information content (AvgIpc) is 2.46. The first-order valence-electron chi connectivity index (χ1n) is 6.17. The topological polar surface area (TPSA) is 73.1 Å². The maximum atomic E-state index is 5.57. The van der Waals surface area contributed by atoms with Gasteiger partial charge in [-0.3, -0.25) is 0 Å². The summed E-state index contributed by atoms with van der Waals surface area (Å²) in [5.74, 6) is 0.472. The number of rotatable bonds is 6. The molecule has 20 heavy (non-hydrogen) atoms. The van der Waals surface area contributed by atoms with Gasteiger partial charge in [-0.05, 0) is 24.1 Å². The van der Waals surface area contributed by atoms with Crippen molar-refractivity contribution < 1.29 is 4.74 Å². The van der Waals surface area contributed by atoms with Crippen LogP contribution in [0.3, 0.4) is 0 Å². The molecule has 0 saturated heterocycles. The average molecular weight is 288 g/mol. The van der Waals surface area contributed by atoms with E-state index >= 15 is 0 Å². The molecule has 2 rings (SSSR count). The summed E-state index contributed by atoms with van der Waals surface area (Å²) in [6.45, 7) is 0.659. The number of anilines is 2. The number of benzene rings is 1. The Morgan fingerprint density at radius 3 is 2.90 bits per heavy atom. The SMILES string of the molecule is COCCc1ccccc1Nc1nccc(C(N)=S)n1. The lowest BCUT2D eigenvalue weighted by molar-refractivity contribution is 0.202. The molecule has 1 aromatic carbocycles.